The lowest BCUT2D eigenvalue weighted by Gasteiger charge is -2.24. The minimum atomic E-state index is 0.538. The third kappa shape index (κ3) is 2.16. The fourth-order valence-corrected chi connectivity index (χ4v) is 3.57. The lowest BCUT2D eigenvalue weighted by atomic mass is 9.80. The number of hydrogen-bond acceptors (Lipinski definition) is 0. The van der Waals surface area contributed by atoms with E-state index in [1.54, 1.807) is 5.56 Å². The minimum absolute atomic E-state index is 0.538. The van der Waals surface area contributed by atoms with Crippen molar-refractivity contribution in [3.8, 4) is 0 Å². The maximum absolute atomic E-state index is 2.47. The van der Waals surface area contributed by atoms with Crippen molar-refractivity contribution in [2.24, 2.45) is 5.41 Å². The van der Waals surface area contributed by atoms with Crippen molar-refractivity contribution in [2.75, 3.05) is 0 Å². The first-order valence-electron chi connectivity index (χ1n) is 7.15. The molecule has 2 aromatic rings. The topological polar surface area (TPSA) is 0 Å². The molecule has 1 aliphatic carbocycles. The Morgan fingerprint density at radius 2 is 1.78 bits per heavy atom. The Labute approximate surface area is 110 Å². The molecule has 1 fully saturated rings. The van der Waals surface area contributed by atoms with Crippen LogP contribution in [0.3, 0.4) is 0 Å². The van der Waals surface area contributed by atoms with E-state index in [1.807, 2.05) is 0 Å². The molecule has 0 amide bonds. The first-order chi connectivity index (χ1) is 8.66. The van der Waals surface area contributed by atoms with Crippen LogP contribution in [0.4, 0.5) is 0 Å². The van der Waals surface area contributed by atoms with Crippen LogP contribution in [0.1, 0.15) is 43.7 Å². The third-order valence-electron chi connectivity index (χ3n) is 4.52. The lowest BCUT2D eigenvalue weighted by molar-refractivity contribution is 0.335. The van der Waals surface area contributed by atoms with Gasteiger partial charge in [-0.05, 0) is 47.9 Å². The Balaban J connectivity index is 2.05. The normalized spacial score (nSPS) is 18.3. The van der Waals surface area contributed by atoms with Gasteiger partial charge < -0.3 is 0 Å². The van der Waals surface area contributed by atoms with Crippen LogP contribution in [0.25, 0.3) is 10.8 Å². The number of benzene rings is 2. The highest BCUT2D eigenvalue weighted by Crippen LogP contribution is 2.41. The average Bonchev–Trinajstić information content (AvgIpc) is 2.75. The van der Waals surface area contributed by atoms with E-state index in [0.717, 1.165) is 0 Å². The van der Waals surface area contributed by atoms with Crippen molar-refractivity contribution in [3.63, 3.8) is 0 Å². The molecule has 0 spiro atoms. The van der Waals surface area contributed by atoms with Crippen molar-refractivity contribution in [1.82, 2.24) is 0 Å². The van der Waals surface area contributed by atoms with Gasteiger partial charge in [-0.3, -0.25) is 0 Å². The van der Waals surface area contributed by atoms with Crippen LogP contribution in [0, 0.1) is 12.3 Å². The standard InChI is InChI=1S/C18H22/c1-14-11-15-7-3-4-8-17(15)16(12-14)13-18(2)9-5-6-10-18/h3-4,7-8,11-12H,5-6,9-10,13H2,1-2H3. The van der Waals surface area contributed by atoms with E-state index in [9.17, 15) is 0 Å². The van der Waals surface area contributed by atoms with E-state index in [1.165, 1.54) is 48.4 Å². The molecule has 0 N–H and O–H groups in total. The molecule has 0 nitrogen and oxygen atoms in total. The summed E-state index contributed by atoms with van der Waals surface area (Å²) >= 11 is 0. The van der Waals surface area contributed by atoms with Gasteiger partial charge in [0.2, 0.25) is 0 Å². The van der Waals surface area contributed by atoms with Crippen molar-refractivity contribution >= 4 is 10.8 Å². The molecule has 0 heterocycles. The van der Waals surface area contributed by atoms with Gasteiger partial charge in [-0.15, -0.1) is 0 Å². The molecule has 0 saturated heterocycles. The molecule has 0 heteroatoms. The summed E-state index contributed by atoms with van der Waals surface area (Å²) in [4.78, 5) is 0. The van der Waals surface area contributed by atoms with Crippen LogP contribution >= 0.6 is 0 Å². The molecule has 0 aliphatic heterocycles. The summed E-state index contributed by atoms with van der Waals surface area (Å²) < 4.78 is 0. The molecule has 3 rings (SSSR count). The second kappa shape index (κ2) is 4.42. The number of rotatable bonds is 2. The summed E-state index contributed by atoms with van der Waals surface area (Å²) in [7, 11) is 0. The van der Waals surface area contributed by atoms with E-state index in [4.69, 9.17) is 0 Å². The highest BCUT2D eigenvalue weighted by molar-refractivity contribution is 5.86. The zero-order valence-electron chi connectivity index (χ0n) is 11.5. The van der Waals surface area contributed by atoms with Gasteiger partial charge in [0.25, 0.3) is 0 Å². The second-order valence-corrected chi connectivity index (χ2v) is 6.34. The molecule has 18 heavy (non-hydrogen) atoms. The quantitative estimate of drug-likeness (QED) is 0.668. The van der Waals surface area contributed by atoms with Crippen molar-refractivity contribution in [3.05, 3.63) is 47.5 Å². The van der Waals surface area contributed by atoms with E-state index in [0.29, 0.717) is 5.41 Å². The Kier molecular flexibility index (Phi) is 2.89. The highest BCUT2D eigenvalue weighted by atomic mass is 14.3. The number of hydrogen-bond donors (Lipinski definition) is 0. The van der Waals surface area contributed by atoms with Crippen molar-refractivity contribution in [2.45, 2.75) is 46.0 Å². The molecular formula is C18H22. The predicted molar refractivity (Wildman–Crippen MR) is 79.0 cm³/mol. The Hall–Kier alpha value is -1.30. The van der Waals surface area contributed by atoms with Gasteiger partial charge in [0.15, 0.2) is 0 Å². The first kappa shape index (κ1) is 11.8. The van der Waals surface area contributed by atoms with E-state index in [-0.39, 0.29) is 0 Å². The van der Waals surface area contributed by atoms with Crippen LogP contribution in [-0.2, 0) is 6.42 Å². The molecule has 94 valence electrons. The van der Waals surface area contributed by atoms with Gasteiger partial charge in [-0.25, -0.2) is 0 Å². The second-order valence-electron chi connectivity index (χ2n) is 6.34. The molecular weight excluding hydrogens is 216 g/mol. The summed E-state index contributed by atoms with van der Waals surface area (Å²) in [6.07, 6.45) is 6.88. The zero-order chi connectivity index (χ0) is 12.6. The monoisotopic (exact) mass is 238 g/mol. The van der Waals surface area contributed by atoms with Gasteiger partial charge in [0.05, 0.1) is 0 Å². The van der Waals surface area contributed by atoms with Crippen LogP contribution in [-0.4, -0.2) is 0 Å². The molecule has 2 aromatic carbocycles. The Bertz CT molecular complexity index is 559. The molecule has 0 aromatic heterocycles. The number of fused-ring (bicyclic) bond motifs is 1. The fourth-order valence-electron chi connectivity index (χ4n) is 3.57. The summed E-state index contributed by atoms with van der Waals surface area (Å²) in [6, 6.07) is 13.5. The SMILES string of the molecule is Cc1cc(CC2(C)CCCC2)c2ccccc2c1. The molecule has 0 bridgehead atoms. The molecule has 1 saturated carbocycles. The summed E-state index contributed by atoms with van der Waals surface area (Å²) in [5, 5.41) is 2.85. The van der Waals surface area contributed by atoms with E-state index in [2.05, 4.69) is 50.2 Å². The maximum atomic E-state index is 2.47. The van der Waals surface area contributed by atoms with E-state index >= 15 is 0 Å². The van der Waals surface area contributed by atoms with E-state index < -0.39 is 0 Å². The average molecular weight is 238 g/mol. The van der Waals surface area contributed by atoms with Crippen LogP contribution in [0.15, 0.2) is 36.4 Å². The molecule has 0 radical (unpaired) electrons. The predicted octanol–water partition coefficient (Wildman–Crippen LogP) is 5.27. The van der Waals surface area contributed by atoms with Gasteiger partial charge in [-0.2, -0.15) is 0 Å². The van der Waals surface area contributed by atoms with Crippen molar-refractivity contribution in [1.29, 1.82) is 0 Å². The Morgan fingerprint density at radius 3 is 2.56 bits per heavy atom. The van der Waals surface area contributed by atoms with Crippen LogP contribution in [0.2, 0.25) is 0 Å². The van der Waals surface area contributed by atoms with Gasteiger partial charge in [0.1, 0.15) is 0 Å². The molecule has 0 atom stereocenters. The van der Waals surface area contributed by atoms with Gasteiger partial charge >= 0.3 is 0 Å². The smallest absolute Gasteiger partial charge is 0.0152 e. The van der Waals surface area contributed by atoms with Gasteiger partial charge in [-0.1, -0.05) is 61.7 Å². The van der Waals surface area contributed by atoms with Gasteiger partial charge in [0, 0.05) is 0 Å². The fraction of sp³-hybridized carbons (Fsp3) is 0.444. The minimum Gasteiger partial charge on any atom is -0.0616 e. The molecule has 1 aliphatic rings. The van der Waals surface area contributed by atoms with Crippen molar-refractivity contribution < 1.29 is 0 Å². The zero-order valence-corrected chi connectivity index (χ0v) is 11.5. The van der Waals surface area contributed by atoms with Crippen LogP contribution < -0.4 is 0 Å². The highest BCUT2D eigenvalue weighted by Gasteiger charge is 2.29. The third-order valence-corrected chi connectivity index (χ3v) is 4.52. The number of aryl methyl sites for hydroxylation is 1. The summed E-state index contributed by atoms with van der Waals surface area (Å²) in [6.45, 7) is 4.68. The van der Waals surface area contributed by atoms with Crippen LogP contribution in [0.5, 0.6) is 0 Å². The first-order valence-corrected chi connectivity index (χ1v) is 7.15. The summed E-state index contributed by atoms with van der Waals surface area (Å²) in [5.41, 5.74) is 3.48. The Morgan fingerprint density at radius 1 is 1.06 bits per heavy atom. The summed E-state index contributed by atoms with van der Waals surface area (Å²) in [5.74, 6) is 0. The maximum Gasteiger partial charge on any atom is -0.0152 e. The molecule has 0 unspecified atom stereocenters. The lowest BCUT2D eigenvalue weighted by Crippen LogP contribution is -2.14. The largest absolute Gasteiger partial charge is 0.0616 e.